The molecule has 9 rings (SSSR count). The van der Waals surface area contributed by atoms with Crippen molar-refractivity contribution in [1.29, 1.82) is 0 Å². The Bertz CT molecular complexity index is 1950. The summed E-state index contributed by atoms with van der Waals surface area (Å²) in [4.78, 5) is 31.0. The van der Waals surface area contributed by atoms with E-state index in [0.717, 1.165) is 45.6 Å². The zero-order valence-corrected chi connectivity index (χ0v) is 26.3. The molecular weight excluding hydrogens is 607 g/mol. The zero-order chi connectivity index (χ0) is 30.2. The predicted octanol–water partition coefficient (Wildman–Crippen LogP) is 6.41. The van der Waals surface area contributed by atoms with Crippen LogP contribution in [0.5, 0.6) is 0 Å². The van der Waals surface area contributed by atoms with Gasteiger partial charge in [-0.15, -0.1) is 0 Å². The molecule has 0 aromatic carbocycles. The lowest BCUT2D eigenvalue weighted by Gasteiger charge is -2.25. The highest BCUT2D eigenvalue weighted by atomic mass is 32.1. The number of nitrogens with one attached hydrogen (secondary N) is 2. The number of fused-ring (bicyclic) bond motifs is 2. The van der Waals surface area contributed by atoms with Gasteiger partial charge in [0.2, 0.25) is 0 Å². The molecule has 3 fully saturated rings. The third-order valence-electron chi connectivity index (χ3n) is 8.43. The molecule has 6 aromatic heterocycles. The molecule has 6 aromatic rings. The zero-order valence-electron chi connectivity index (χ0n) is 24.7. The van der Waals surface area contributed by atoms with Gasteiger partial charge in [0, 0.05) is 73.0 Å². The molecule has 2 aliphatic carbocycles. The fourth-order valence-corrected chi connectivity index (χ4v) is 7.12. The molecule has 230 valence electrons. The van der Waals surface area contributed by atoms with Crippen LogP contribution in [0, 0.1) is 0 Å². The molecule has 0 spiro atoms. The van der Waals surface area contributed by atoms with E-state index in [1.54, 1.807) is 12.3 Å². The summed E-state index contributed by atoms with van der Waals surface area (Å²) in [6.07, 6.45) is 21.2. The molecule has 0 bridgehead atoms. The van der Waals surface area contributed by atoms with Gasteiger partial charge in [0.25, 0.3) is 0 Å². The molecule has 0 unspecified atom stereocenters. The number of aldehydes is 1. The lowest BCUT2D eigenvalue weighted by Crippen LogP contribution is -2.29. The van der Waals surface area contributed by atoms with Crippen LogP contribution in [-0.4, -0.2) is 61.8 Å². The fourth-order valence-electron chi connectivity index (χ4n) is 5.84. The maximum absolute atomic E-state index is 10.7. The van der Waals surface area contributed by atoms with Crippen LogP contribution in [0.1, 0.15) is 84.4 Å². The van der Waals surface area contributed by atoms with Crippen LogP contribution in [-0.2, 0) is 6.54 Å². The van der Waals surface area contributed by atoms with Crippen molar-refractivity contribution in [3.8, 4) is 0 Å². The van der Waals surface area contributed by atoms with Gasteiger partial charge in [-0.05, 0) is 80.7 Å². The van der Waals surface area contributed by atoms with E-state index >= 15 is 0 Å². The highest BCUT2D eigenvalue weighted by molar-refractivity contribution is 7.10. The van der Waals surface area contributed by atoms with Crippen molar-refractivity contribution in [1.82, 2.24) is 42.4 Å². The van der Waals surface area contributed by atoms with Crippen molar-refractivity contribution < 1.29 is 4.79 Å². The molecule has 12 nitrogen and oxygen atoms in total. The first-order valence-electron chi connectivity index (χ1n) is 15.5. The summed E-state index contributed by atoms with van der Waals surface area (Å²) in [6, 6.07) is 3.85. The van der Waals surface area contributed by atoms with Crippen LogP contribution in [0.2, 0.25) is 0 Å². The third-order valence-corrected chi connectivity index (χ3v) is 9.89. The van der Waals surface area contributed by atoms with E-state index in [2.05, 4.69) is 59.1 Å². The number of nitrogens with zero attached hydrogens (tertiary/aromatic N) is 9. The van der Waals surface area contributed by atoms with E-state index in [4.69, 9.17) is 0 Å². The largest absolute Gasteiger partial charge is 0.328 e. The minimum absolute atomic E-state index is 0.423. The van der Waals surface area contributed by atoms with Crippen LogP contribution in [0.25, 0.3) is 11.3 Å². The van der Waals surface area contributed by atoms with Crippen molar-refractivity contribution in [2.45, 2.75) is 63.3 Å². The van der Waals surface area contributed by atoms with E-state index in [0.29, 0.717) is 23.3 Å². The number of hydrogen-bond donors (Lipinski definition) is 2. The van der Waals surface area contributed by atoms with Crippen LogP contribution in [0.3, 0.4) is 0 Å². The van der Waals surface area contributed by atoms with Crippen molar-refractivity contribution in [2.24, 2.45) is 0 Å². The second-order valence-corrected chi connectivity index (χ2v) is 13.5. The number of anilines is 4. The number of hydrogen-bond acceptors (Lipinski definition) is 12. The SMILES string of the molecule is O=Cc1cc(Nc2nccn3c(C4CC4)cnc23)sn1.c1cn2c(C3CC3)cnc2c(Nc2cc(CN3CCCCC3)ns2)n1. The van der Waals surface area contributed by atoms with Crippen molar-refractivity contribution in [3.63, 3.8) is 0 Å². The van der Waals surface area contributed by atoms with Crippen LogP contribution < -0.4 is 10.6 Å². The lowest BCUT2D eigenvalue weighted by molar-refractivity contribution is 0.112. The normalized spacial score (nSPS) is 16.9. The fraction of sp³-hybridized carbons (Fsp3) is 0.387. The molecule has 1 saturated heterocycles. The molecule has 7 heterocycles. The van der Waals surface area contributed by atoms with Gasteiger partial charge in [0.15, 0.2) is 29.2 Å². The average Bonchev–Trinajstić information content (AvgIpc) is 3.88. The summed E-state index contributed by atoms with van der Waals surface area (Å²) in [5, 5.41) is 8.41. The molecule has 2 N–H and O–H groups in total. The van der Waals surface area contributed by atoms with E-state index in [1.807, 2.05) is 31.0 Å². The minimum atomic E-state index is 0.423. The number of carbonyl (C=O) groups is 1. The Morgan fingerprint density at radius 2 is 1.33 bits per heavy atom. The smallest absolute Gasteiger partial charge is 0.180 e. The summed E-state index contributed by atoms with van der Waals surface area (Å²) in [6.45, 7) is 3.34. The molecule has 0 radical (unpaired) electrons. The highest BCUT2D eigenvalue weighted by Gasteiger charge is 2.28. The van der Waals surface area contributed by atoms with Gasteiger partial charge in [-0.25, -0.2) is 19.9 Å². The quantitative estimate of drug-likeness (QED) is 0.171. The number of carbonyl (C=O) groups excluding carboxylic acids is 1. The first-order chi connectivity index (χ1) is 22.2. The van der Waals surface area contributed by atoms with E-state index in [-0.39, 0.29) is 0 Å². The molecule has 14 heteroatoms. The Morgan fingerprint density at radius 1 is 0.756 bits per heavy atom. The molecule has 3 aliphatic rings. The Morgan fingerprint density at radius 3 is 1.89 bits per heavy atom. The number of rotatable bonds is 9. The Hall–Kier alpha value is -4.27. The molecule has 2 saturated carbocycles. The van der Waals surface area contributed by atoms with Crippen molar-refractivity contribution in [3.05, 3.63) is 72.1 Å². The van der Waals surface area contributed by atoms with Crippen LogP contribution in [0.4, 0.5) is 21.6 Å². The summed E-state index contributed by atoms with van der Waals surface area (Å²) in [5.74, 6) is 2.79. The highest BCUT2D eigenvalue weighted by Crippen LogP contribution is 2.41. The summed E-state index contributed by atoms with van der Waals surface area (Å²) in [5.41, 5.74) is 5.81. The van der Waals surface area contributed by atoms with Crippen LogP contribution >= 0.6 is 23.1 Å². The van der Waals surface area contributed by atoms with E-state index in [9.17, 15) is 4.79 Å². The maximum atomic E-state index is 10.7. The van der Waals surface area contributed by atoms with Gasteiger partial charge in [0.1, 0.15) is 15.7 Å². The monoisotopic (exact) mass is 639 g/mol. The first kappa shape index (κ1) is 28.2. The number of likely N-dealkylation sites (tertiary alicyclic amines) is 1. The molecule has 45 heavy (non-hydrogen) atoms. The van der Waals surface area contributed by atoms with Crippen LogP contribution in [0.15, 0.2) is 49.3 Å². The Balaban J connectivity index is 0.000000137. The summed E-state index contributed by atoms with van der Waals surface area (Å²) in [7, 11) is 0. The predicted molar refractivity (Wildman–Crippen MR) is 175 cm³/mol. The number of piperidine rings is 1. The topological polar surface area (TPSA) is 131 Å². The lowest BCUT2D eigenvalue weighted by atomic mass is 10.1. The summed E-state index contributed by atoms with van der Waals surface area (Å²) >= 11 is 2.74. The van der Waals surface area contributed by atoms with Gasteiger partial charge < -0.3 is 10.6 Å². The molecule has 1 aliphatic heterocycles. The second-order valence-electron chi connectivity index (χ2n) is 11.9. The number of imidazole rings is 2. The average molecular weight is 640 g/mol. The van der Waals surface area contributed by atoms with Gasteiger partial charge in [-0.3, -0.25) is 18.5 Å². The van der Waals surface area contributed by atoms with Gasteiger partial charge in [-0.2, -0.15) is 8.75 Å². The van der Waals surface area contributed by atoms with Gasteiger partial charge in [0.05, 0.1) is 5.69 Å². The Kier molecular flexibility index (Phi) is 7.69. The molecular formula is C31H33N11OS2. The van der Waals surface area contributed by atoms with Crippen molar-refractivity contribution in [2.75, 3.05) is 23.7 Å². The maximum Gasteiger partial charge on any atom is 0.180 e. The Labute approximate surface area is 267 Å². The van der Waals surface area contributed by atoms with E-state index < -0.39 is 0 Å². The van der Waals surface area contributed by atoms with E-state index in [1.165, 1.54) is 92.5 Å². The molecule has 0 atom stereocenters. The second kappa shape index (κ2) is 12.3. The van der Waals surface area contributed by atoms with Crippen molar-refractivity contribution >= 4 is 62.3 Å². The minimum Gasteiger partial charge on any atom is -0.328 e. The summed E-state index contributed by atoms with van der Waals surface area (Å²) < 4.78 is 12.9. The standard InChI is InChI=1S/C18H22N6S.C13H11N5OS/c1-2-7-23(8-3-1)12-14-10-16(25-22-14)21-17-18-20-11-15(13-4-5-13)24(18)9-6-19-17;19-7-9-5-11(20-17-9)16-12-13-15-6-10(8-1-2-8)18(13)4-3-14-12/h6,9-11,13H,1-5,7-8,12H2,(H,19,21);3-8H,1-2H2,(H,14,16). The third kappa shape index (κ3) is 6.17. The van der Waals surface area contributed by atoms with Gasteiger partial charge in [-0.1, -0.05) is 6.42 Å². The molecule has 0 amide bonds. The van der Waals surface area contributed by atoms with Gasteiger partial charge >= 0.3 is 0 Å². The first-order valence-corrected chi connectivity index (χ1v) is 17.0. The number of aromatic nitrogens is 8.